The Balaban J connectivity index is 2.58. The summed E-state index contributed by atoms with van der Waals surface area (Å²) in [7, 11) is 0. The first-order valence-corrected chi connectivity index (χ1v) is 6.94. The summed E-state index contributed by atoms with van der Waals surface area (Å²) in [5, 5.41) is 3.82. The van der Waals surface area contributed by atoms with Gasteiger partial charge in [-0.2, -0.15) is 0 Å². The molecule has 0 radical (unpaired) electrons. The van der Waals surface area contributed by atoms with Crippen LogP contribution in [-0.4, -0.2) is 17.8 Å². The number of hydrogen-bond acceptors (Lipinski definition) is 1. The van der Waals surface area contributed by atoms with E-state index < -0.39 is 0 Å². The fourth-order valence-electron chi connectivity index (χ4n) is 1.06. The van der Waals surface area contributed by atoms with Gasteiger partial charge in [-0.3, -0.25) is 4.79 Å². The minimum atomic E-state index is 0.00722. The number of benzene rings is 1. The Morgan fingerprint density at radius 3 is 2.80 bits per heavy atom. The lowest BCUT2D eigenvalue weighted by Crippen LogP contribution is -2.29. The molecule has 0 saturated heterocycles. The first-order valence-electron chi connectivity index (χ1n) is 4.74. The summed E-state index contributed by atoms with van der Waals surface area (Å²) in [6, 6.07) is 7.59. The normalized spacial score (nSPS) is 12.2. The maximum atomic E-state index is 11.8. The molecule has 82 valence electrons. The zero-order valence-corrected chi connectivity index (χ0v) is 12.2. The van der Waals surface area contributed by atoms with E-state index in [0.717, 1.165) is 14.5 Å². The molecule has 0 aliphatic heterocycles. The number of carbonyl (C=O) groups excluding carboxylic acids is 1. The molecular formula is C11H13BrINO. The van der Waals surface area contributed by atoms with Gasteiger partial charge in [0.1, 0.15) is 0 Å². The largest absolute Gasteiger partial charge is 0.352 e. The van der Waals surface area contributed by atoms with E-state index in [0.29, 0.717) is 12.5 Å². The second-order valence-electron chi connectivity index (χ2n) is 3.45. The third-order valence-corrected chi connectivity index (χ3v) is 4.04. The Labute approximate surface area is 112 Å². The van der Waals surface area contributed by atoms with Gasteiger partial charge >= 0.3 is 0 Å². The molecule has 1 atom stereocenters. The summed E-state index contributed by atoms with van der Waals surface area (Å²) in [5.41, 5.74) is 0.750. The summed E-state index contributed by atoms with van der Waals surface area (Å²) < 4.78 is 0.985. The van der Waals surface area contributed by atoms with Gasteiger partial charge in [0, 0.05) is 15.4 Å². The van der Waals surface area contributed by atoms with E-state index in [1.165, 1.54) is 0 Å². The molecule has 0 aliphatic carbocycles. The van der Waals surface area contributed by atoms with Gasteiger partial charge in [0.2, 0.25) is 0 Å². The predicted molar refractivity (Wildman–Crippen MR) is 74.5 cm³/mol. The van der Waals surface area contributed by atoms with Crippen LogP contribution in [0.15, 0.2) is 24.3 Å². The van der Waals surface area contributed by atoms with Crippen molar-refractivity contribution < 1.29 is 4.79 Å². The van der Waals surface area contributed by atoms with Crippen molar-refractivity contribution in [2.24, 2.45) is 5.92 Å². The van der Waals surface area contributed by atoms with Crippen LogP contribution in [0.3, 0.4) is 0 Å². The number of amides is 1. The van der Waals surface area contributed by atoms with Crippen LogP contribution in [-0.2, 0) is 0 Å². The molecule has 1 amide bonds. The molecule has 1 rings (SSSR count). The fraction of sp³-hybridized carbons (Fsp3) is 0.364. The molecule has 0 spiro atoms. The highest BCUT2D eigenvalue weighted by molar-refractivity contribution is 14.1. The van der Waals surface area contributed by atoms with Gasteiger partial charge in [0.05, 0.1) is 5.56 Å². The molecule has 2 nitrogen and oxygen atoms in total. The van der Waals surface area contributed by atoms with Crippen LogP contribution in [0.1, 0.15) is 17.3 Å². The lowest BCUT2D eigenvalue weighted by Gasteiger charge is -2.10. The van der Waals surface area contributed by atoms with Crippen molar-refractivity contribution in [2.45, 2.75) is 6.92 Å². The van der Waals surface area contributed by atoms with Crippen LogP contribution in [0.25, 0.3) is 0 Å². The van der Waals surface area contributed by atoms with Crippen LogP contribution >= 0.6 is 38.5 Å². The SMILES string of the molecule is CC(CBr)CNC(=O)c1ccccc1I. The molecule has 4 heteroatoms. The van der Waals surface area contributed by atoms with Crippen LogP contribution in [0.4, 0.5) is 0 Å². The van der Waals surface area contributed by atoms with Crippen LogP contribution in [0.2, 0.25) is 0 Å². The average molecular weight is 382 g/mol. The molecule has 0 saturated carbocycles. The van der Waals surface area contributed by atoms with Crippen molar-refractivity contribution in [3.63, 3.8) is 0 Å². The van der Waals surface area contributed by atoms with E-state index >= 15 is 0 Å². The van der Waals surface area contributed by atoms with Gasteiger partial charge in [-0.05, 0) is 40.6 Å². The molecule has 15 heavy (non-hydrogen) atoms. The molecule has 1 unspecified atom stereocenters. The summed E-state index contributed by atoms with van der Waals surface area (Å²) in [6.07, 6.45) is 0. The van der Waals surface area contributed by atoms with E-state index in [-0.39, 0.29) is 5.91 Å². The van der Waals surface area contributed by atoms with E-state index in [1.54, 1.807) is 0 Å². The summed E-state index contributed by atoms with van der Waals surface area (Å²) in [5.74, 6) is 0.461. The number of halogens is 2. The van der Waals surface area contributed by atoms with Gasteiger partial charge in [-0.25, -0.2) is 0 Å². The van der Waals surface area contributed by atoms with Crippen LogP contribution in [0.5, 0.6) is 0 Å². The summed E-state index contributed by atoms with van der Waals surface area (Å²) in [4.78, 5) is 11.8. The zero-order valence-electron chi connectivity index (χ0n) is 8.47. The van der Waals surface area contributed by atoms with Gasteiger partial charge in [0.15, 0.2) is 0 Å². The fourth-order valence-corrected chi connectivity index (χ4v) is 1.92. The molecule has 0 aromatic heterocycles. The molecule has 1 N–H and O–H groups in total. The number of nitrogens with one attached hydrogen (secondary N) is 1. The van der Waals surface area contributed by atoms with Crippen molar-refractivity contribution in [2.75, 3.05) is 11.9 Å². The number of hydrogen-bond donors (Lipinski definition) is 1. The maximum Gasteiger partial charge on any atom is 0.252 e. The van der Waals surface area contributed by atoms with Crippen molar-refractivity contribution in [3.8, 4) is 0 Å². The van der Waals surface area contributed by atoms with Gasteiger partial charge in [-0.15, -0.1) is 0 Å². The van der Waals surface area contributed by atoms with Gasteiger partial charge in [0.25, 0.3) is 5.91 Å². The van der Waals surface area contributed by atoms with Crippen LogP contribution < -0.4 is 5.32 Å². The highest BCUT2D eigenvalue weighted by Crippen LogP contribution is 2.11. The lowest BCUT2D eigenvalue weighted by atomic mass is 10.2. The Morgan fingerprint density at radius 1 is 1.53 bits per heavy atom. The number of rotatable bonds is 4. The third kappa shape index (κ3) is 4.10. The molecule has 0 bridgehead atoms. The number of alkyl halides is 1. The van der Waals surface area contributed by atoms with E-state index in [9.17, 15) is 4.79 Å². The highest BCUT2D eigenvalue weighted by Gasteiger charge is 2.09. The monoisotopic (exact) mass is 381 g/mol. The Bertz CT molecular complexity index is 343. The molecule has 1 aromatic carbocycles. The second kappa shape index (κ2) is 6.48. The van der Waals surface area contributed by atoms with E-state index in [4.69, 9.17) is 0 Å². The van der Waals surface area contributed by atoms with Gasteiger partial charge < -0.3 is 5.32 Å². The topological polar surface area (TPSA) is 29.1 Å². The third-order valence-electron chi connectivity index (χ3n) is 1.99. The predicted octanol–water partition coefficient (Wildman–Crippen LogP) is 3.05. The Hall–Kier alpha value is -0.100. The Morgan fingerprint density at radius 2 is 2.20 bits per heavy atom. The van der Waals surface area contributed by atoms with Crippen LogP contribution in [0, 0.1) is 9.49 Å². The zero-order chi connectivity index (χ0) is 11.3. The summed E-state index contributed by atoms with van der Waals surface area (Å²) >= 11 is 5.55. The van der Waals surface area contributed by atoms with Crippen molar-refractivity contribution in [1.29, 1.82) is 0 Å². The highest BCUT2D eigenvalue weighted by atomic mass is 127. The molecule has 1 aromatic rings. The van der Waals surface area contributed by atoms with Crippen molar-refractivity contribution >= 4 is 44.4 Å². The number of carbonyl (C=O) groups is 1. The van der Waals surface area contributed by atoms with Crippen molar-refractivity contribution in [3.05, 3.63) is 33.4 Å². The lowest BCUT2D eigenvalue weighted by molar-refractivity contribution is 0.0948. The smallest absolute Gasteiger partial charge is 0.252 e. The van der Waals surface area contributed by atoms with E-state index in [2.05, 4.69) is 50.8 Å². The maximum absolute atomic E-state index is 11.8. The van der Waals surface area contributed by atoms with Crippen molar-refractivity contribution in [1.82, 2.24) is 5.32 Å². The minimum absolute atomic E-state index is 0.00722. The van der Waals surface area contributed by atoms with E-state index in [1.807, 2.05) is 24.3 Å². The minimum Gasteiger partial charge on any atom is -0.352 e. The molecule has 0 aliphatic rings. The average Bonchev–Trinajstić information content (AvgIpc) is 2.26. The van der Waals surface area contributed by atoms with Gasteiger partial charge in [-0.1, -0.05) is 35.0 Å². The Kier molecular flexibility index (Phi) is 5.60. The summed E-state index contributed by atoms with van der Waals surface area (Å²) in [6.45, 7) is 2.79. The molecular weight excluding hydrogens is 369 g/mol. The standard InChI is InChI=1S/C11H13BrINO/c1-8(6-12)7-14-11(15)9-4-2-3-5-10(9)13/h2-5,8H,6-7H2,1H3,(H,14,15). The molecule has 0 fully saturated rings. The second-order valence-corrected chi connectivity index (χ2v) is 5.26. The first kappa shape index (κ1) is 13.0. The first-order chi connectivity index (χ1) is 7.15. The quantitative estimate of drug-likeness (QED) is 0.630. The molecule has 0 heterocycles.